The van der Waals surface area contributed by atoms with Gasteiger partial charge in [0.15, 0.2) is 0 Å². The maximum Gasteiger partial charge on any atom is 0.330 e. The molecule has 0 unspecified atom stereocenters. The third kappa shape index (κ3) is 5.28. The van der Waals surface area contributed by atoms with Crippen LogP contribution in [0.15, 0.2) is 53.0 Å². The number of hydrogen-bond acceptors (Lipinski definition) is 4. The average Bonchev–Trinajstić information content (AvgIpc) is 2.95. The van der Waals surface area contributed by atoms with Crippen LogP contribution < -0.4 is 0 Å². The minimum absolute atomic E-state index is 0.361. The zero-order chi connectivity index (χ0) is 14.9. The second-order valence-corrected chi connectivity index (χ2v) is 4.37. The van der Waals surface area contributed by atoms with Crippen molar-refractivity contribution < 1.29 is 18.7 Å². The minimum Gasteiger partial charge on any atom is -0.463 e. The standard InChI is InChI=1S/C17H18O4/c1-2-20-17(18)11-10-15-8-9-16(21-15)13-19-12-14-6-4-3-5-7-14/h3-11H,2,12-13H2,1H3/b11-10+. The summed E-state index contributed by atoms with van der Waals surface area (Å²) in [6, 6.07) is 13.6. The van der Waals surface area contributed by atoms with Crippen LogP contribution in [0.5, 0.6) is 0 Å². The van der Waals surface area contributed by atoms with Crippen molar-refractivity contribution in [3.8, 4) is 0 Å². The van der Waals surface area contributed by atoms with E-state index >= 15 is 0 Å². The molecule has 4 heteroatoms. The second-order valence-electron chi connectivity index (χ2n) is 4.37. The summed E-state index contributed by atoms with van der Waals surface area (Å²) in [6.07, 6.45) is 2.93. The summed E-state index contributed by atoms with van der Waals surface area (Å²) in [4.78, 5) is 11.2. The summed E-state index contributed by atoms with van der Waals surface area (Å²) in [6.45, 7) is 3.05. The van der Waals surface area contributed by atoms with Gasteiger partial charge in [0.2, 0.25) is 0 Å². The molecule has 1 aromatic carbocycles. The van der Waals surface area contributed by atoms with Crippen molar-refractivity contribution in [1.29, 1.82) is 0 Å². The van der Waals surface area contributed by atoms with Crippen LogP contribution in [-0.2, 0) is 27.5 Å². The fourth-order valence-electron chi connectivity index (χ4n) is 1.75. The summed E-state index contributed by atoms with van der Waals surface area (Å²) in [5.41, 5.74) is 1.12. The van der Waals surface area contributed by atoms with Gasteiger partial charge < -0.3 is 13.9 Å². The summed E-state index contributed by atoms with van der Waals surface area (Å²) >= 11 is 0. The lowest BCUT2D eigenvalue weighted by Gasteiger charge is -2.01. The van der Waals surface area contributed by atoms with Crippen molar-refractivity contribution in [3.63, 3.8) is 0 Å². The molecule has 0 radical (unpaired) electrons. The average molecular weight is 286 g/mol. The molecule has 2 rings (SSSR count). The first kappa shape index (κ1) is 15.1. The van der Waals surface area contributed by atoms with E-state index in [1.54, 1.807) is 19.1 Å². The molecular formula is C17H18O4. The Hall–Kier alpha value is -2.33. The van der Waals surface area contributed by atoms with Gasteiger partial charge in [0, 0.05) is 6.08 Å². The molecule has 0 N–H and O–H groups in total. The van der Waals surface area contributed by atoms with Crippen LogP contribution in [0.1, 0.15) is 24.0 Å². The van der Waals surface area contributed by atoms with Crippen molar-refractivity contribution in [2.45, 2.75) is 20.1 Å². The normalized spacial score (nSPS) is 10.9. The molecule has 0 amide bonds. The van der Waals surface area contributed by atoms with E-state index in [9.17, 15) is 4.79 Å². The Bertz CT molecular complexity index is 584. The number of ether oxygens (including phenoxy) is 2. The van der Waals surface area contributed by atoms with Crippen LogP contribution in [0.3, 0.4) is 0 Å². The van der Waals surface area contributed by atoms with Crippen molar-refractivity contribution in [1.82, 2.24) is 0 Å². The van der Waals surface area contributed by atoms with Gasteiger partial charge in [0.1, 0.15) is 18.1 Å². The second kappa shape index (κ2) is 8.07. The Morgan fingerprint density at radius 1 is 1.14 bits per heavy atom. The topological polar surface area (TPSA) is 48.7 Å². The summed E-state index contributed by atoms with van der Waals surface area (Å²) < 4.78 is 15.9. The van der Waals surface area contributed by atoms with Gasteiger partial charge in [0.25, 0.3) is 0 Å². The highest BCUT2D eigenvalue weighted by Crippen LogP contribution is 2.12. The van der Waals surface area contributed by atoms with Crippen molar-refractivity contribution >= 4 is 12.0 Å². The Morgan fingerprint density at radius 2 is 1.95 bits per heavy atom. The number of carbonyl (C=O) groups excluding carboxylic acids is 1. The molecule has 0 bridgehead atoms. The van der Waals surface area contributed by atoms with E-state index in [-0.39, 0.29) is 5.97 Å². The monoisotopic (exact) mass is 286 g/mol. The van der Waals surface area contributed by atoms with Crippen LogP contribution in [0, 0.1) is 0 Å². The Labute approximate surface area is 124 Å². The van der Waals surface area contributed by atoms with E-state index in [0.717, 1.165) is 11.3 Å². The Morgan fingerprint density at radius 3 is 2.71 bits per heavy atom. The first-order valence-corrected chi connectivity index (χ1v) is 6.83. The SMILES string of the molecule is CCOC(=O)/C=C/c1ccc(COCc2ccccc2)o1. The van der Waals surface area contributed by atoms with Gasteiger partial charge in [0.05, 0.1) is 13.2 Å². The van der Waals surface area contributed by atoms with E-state index in [4.69, 9.17) is 13.9 Å². The van der Waals surface area contributed by atoms with Gasteiger partial charge in [-0.05, 0) is 30.7 Å². The van der Waals surface area contributed by atoms with Crippen LogP contribution in [-0.4, -0.2) is 12.6 Å². The third-order valence-electron chi connectivity index (χ3n) is 2.71. The molecule has 110 valence electrons. The summed E-state index contributed by atoms with van der Waals surface area (Å²) in [5, 5.41) is 0. The molecule has 0 aliphatic rings. The van der Waals surface area contributed by atoms with Crippen LogP contribution in [0.2, 0.25) is 0 Å². The van der Waals surface area contributed by atoms with E-state index < -0.39 is 0 Å². The lowest BCUT2D eigenvalue weighted by molar-refractivity contribution is -0.137. The van der Waals surface area contributed by atoms with E-state index in [1.807, 2.05) is 36.4 Å². The number of furan rings is 1. The van der Waals surface area contributed by atoms with Gasteiger partial charge in [-0.3, -0.25) is 0 Å². The third-order valence-corrected chi connectivity index (χ3v) is 2.71. The maximum atomic E-state index is 11.2. The van der Waals surface area contributed by atoms with Gasteiger partial charge >= 0.3 is 5.97 Å². The molecule has 1 aromatic heterocycles. The summed E-state index contributed by atoms with van der Waals surface area (Å²) in [5.74, 6) is 0.937. The predicted octanol–water partition coefficient (Wildman–Crippen LogP) is 3.57. The van der Waals surface area contributed by atoms with Crippen molar-refractivity contribution in [3.05, 3.63) is 65.6 Å². The Kier molecular flexibility index (Phi) is 5.79. The Balaban J connectivity index is 1.79. The lowest BCUT2D eigenvalue weighted by Crippen LogP contribution is -1.98. The molecule has 0 spiro atoms. The molecule has 0 atom stereocenters. The van der Waals surface area contributed by atoms with Crippen molar-refractivity contribution in [2.75, 3.05) is 6.61 Å². The van der Waals surface area contributed by atoms with E-state index in [0.29, 0.717) is 25.6 Å². The number of esters is 1. The van der Waals surface area contributed by atoms with Gasteiger partial charge in [-0.2, -0.15) is 0 Å². The van der Waals surface area contributed by atoms with E-state index in [2.05, 4.69) is 0 Å². The highest BCUT2D eigenvalue weighted by Gasteiger charge is 2.01. The highest BCUT2D eigenvalue weighted by atomic mass is 16.5. The van der Waals surface area contributed by atoms with Gasteiger partial charge in [-0.25, -0.2) is 4.79 Å². The number of hydrogen-bond donors (Lipinski definition) is 0. The largest absolute Gasteiger partial charge is 0.463 e. The molecule has 4 nitrogen and oxygen atoms in total. The fraction of sp³-hybridized carbons (Fsp3) is 0.235. The first-order chi connectivity index (χ1) is 10.3. The maximum absolute atomic E-state index is 11.2. The van der Waals surface area contributed by atoms with Crippen molar-refractivity contribution in [2.24, 2.45) is 0 Å². The summed E-state index contributed by atoms with van der Waals surface area (Å²) in [7, 11) is 0. The highest BCUT2D eigenvalue weighted by molar-refractivity contribution is 5.86. The molecule has 0 saturated heterocycles. The first-order valence-electron chi connectivity index (χ1n) is 6.83. The van der Waals surface area contributed by atoms with E-state index in [1.165, 1.54) is 6.08 Å². The predicted molar refractivity (Wildman–Crippen MR) is 79.3 cm³/mol. The molecule has 21 heavy (non-hydrogen) atoms. The molecule has 2 aromatic rings. The molecule has 0 fully saturated rings. The zero-order valence-electron chi connectivity index (χ0n) is 12.0. The number of carbonyl (C=O) groups is 1. The number of benzene rings is 1. The van der Waals surface area contributed by atoms with Crippen LogP contribution >= 0.6 is 0 Å². The molecule has 1 heterocycles. The quantitative estimate of drug-likeness (QED) is 0.576. The van der Waals surface area contributed by atoms with Crippen LogP contribution in [0.4, 0.5) is 0 Å². The fourth-order valence-corrected chi connectivity index (χ4v) is 1.75. The molecular weight excluding hydrogens is 268 g/mol. The van der Waals surface area contributed by atoms with Crippen LogP contribution in [0.25, 0.3) is 6.08 Å². The molecule has 0 saturated carbocycles. The zero-order valence-corrected chi connectivity index (χ0v) is 12.0. The number of rotatable bonds is 7. The van der Waals surface area contributed by atoms with Gasteiger partial charge in [-0.15, -0.1) is 0 Å². The minimum atomic E-state index is -0.379. The lowest BCUT2D eigenvalue weighted by atomic mass is 10.2. The molecule has 0 aliphatic heterocycles. The van der Waals surface area contributed by atoms with Gasteiger partial charge in [-0.1, -0.05) is 30.3 Å². The molecule has 0 aliphatic carbocycles. The smallest absolute Gasteiger partial charge is 0.330 e.